The molecule has 9 heteroatoms. The number of carbonyl (C=O) groups excluding carboxylic acids is 1. The lowest BCUT2D eigenvalue weighted by molar-refractivity contribution is -0.130. The van der Waals surface area contributed by atoms with Crippen LogP contribution in [0.2, 0.25) is 0 Å². The first-order chi connectivity index (χ1) is 14.4. The Bertz CT molecular complexity index is 1100. The number of rotatable bonds is 9. The zero-order valence-corrected chi connectivity index (χ0v) is 16.7. The summed E-state index contributed by atoms with van der Waals surface area (Å²) in [7, 11) is 1.70. The number of aryl methyl sites for hydroxylation is 1. The van der Waals surface area contributed by atoms with Crippen LogP contribution in [0.5, 0.6) is 0 Å². The zero-order chi connectivity index (χ0) is 21.5. The lowest BCUT2D eigenvalue weighted by Gasteiger charge is -2.17. The molecule has 0 atom stereocenters. The van der Waals surface area contributed by atoms with Crippen LogP contribution in [0.15, 0.2) is 52.2 Å². The van der Waals surface area contributed by atoms with Crippen LogP contribution in [0.4, 0.5) is 4.39 Å². The predicted molar refractivity (Wildman–Crippen MR) is 110 cm³/mol. The quantitative estimate of drug-likeness (QED) is 0.523. The molecule has 0 saturated carbocycles. The minimum absolute atomic E-state index is 0.105. The van der Waals surface area contributed by atoms with E-state index in [-0.39, 0.29) is 18.3 Å². The van der Waals surface area contributed by atoms with Crippen molar-refractivity contribution in [2.45, 2.75) is 32.2 Å². The SMILES string of the molecule is CN(CCCCCc1cc(-c2ccc(F)cc2)n[nH]1)C(=O)Cn1ccc(=O)[nH]c1=O. The normalized spacial score (nSPS) is 10.9. The minimum atomic E-state index is -0.594. The predicted octanol–water partition coefficient (Wildman–Crippen LogP) is 1.94. The molecule has 2 aromatic heterocycles. The largest absolute Gasteiger partial charge is 0.344 e. The van der Waals surface area contributed by atoms with Gasteiger partial charge in [0, 0.05) is 37.1 Å². The van der Waals surface area contributed by atoms with E-state index in [1.54, 1.807) is 24.1 Å². The van der Waals surface area contributed by atoms with Gasteiger partial charge in [0.05, 0.1) is 5.69 Å². The molecule has 0 radical (unpaired) electrons. The molecule has 3 rings (SSSR count). The highest BCUT2D eigenvalue weighted by Crippen LogP contribution is 2.18. The average molecular weight is 413 g/mol. The Labute approximate surface area is 172 Å². The molecule has 1 amide bonds. The van der Waals surface area contributed by atoms with Gasteiger partial charge in [0.25, 0.3) is 5.56 Å². The van der Waals surface area contributed by atoms with Gasteiger partial charge in [0.15, 0.2) is 0 Å². The summed E-state index contributed by atoms with van der Waals surface area (Å²) in [5.41, 5.74) is 1.58. The minimum Gasteiger partial charge on any atom is -0.344 e. The Morgan fingerprint density at radius 2 is 1.90 bits per heavy atom. The lowest BCUT2D eigenvalue weighted by Crippen LogP contribution is -2.36. The Kier molecular flexibility index (Phi) is 6.95. The van der Waals surface area contributed by atoms with Crippen LogP contribution in [0, 0.1) is 5.82 Å². The average Bonchev–Trinajstić information content (AvgIpc) is 3.19. The van der Waals surface area contributed by atoms with Crippen molar-refractivity contribution in [2.24, 2.45) is 0 Å². The van der Waals surface area contributed by atoms with Crippen molar-refractivity contribution in [3.63, 3.8) is 0 Å². The fraction of sp³-hybridized carbons (Fsp3) is 0.333. The standard InChI is InChI=1S/C21H24FN5O3/c1-26(20(29)14-27-12-10-19(28)23-21(27)30)11-4-2-3-5-17-13-18(25-24-17)15-6-8-16(22)9-7-15/h6-10,12-13H,2-5,11,14H2,1H3,(H,24,25)(H,23,28,30). The molecule has 0 unspecified atom stereocenters. The van der Waals surface area contributed by atoms with E-state index in [0.29, 0.717) is 6.54 Å². The molecule has 1 aromatic carbocycles. The maximum absolute atomic E-state index is 13.0. The number of aromatic nitrogens is 4. The van der Waals surface area contributed by atoms with Gasteiger partial charge in [-0.1, -0.05) is 6.42 Å². The number of nitrogens with zero attached hydrogens (tertiary/aromatic N) is 3. The van der Waals surface area contributed by atoms with E-state index in [9.17, 15) is 18.8 Å². The van der Waals surface area contributed by atoms with Gasteiger partial charge in [-0.3, -0.25) is 24.2 Å². The molecule has 0 spiro atoms. The van der Waals surface area contributed by atoms with Crippen LogP contribution >= 0.6 is 0 Å². The highest BCUT2D eigenvalue weighted by atomic mass is 19.1. The van der Waals surface area contributed by atoms with Crippen LogP contribution in [-0.2, 0) is 17.8 Å². The van der Waals surface area contributed by atoms with Crippen molar-refractivity contribution in [1.82, 2.24) is 24.6 Å². The van der Waals surface area contributed by atoms with Gasteiger partial charge >= 0.3 is 5.69 Å². The summed E-state index contributed by atoms with van der Waals surface area (Å²) >= 11 is 0. The monoisotopic (exact) mass is 413 g/mol. The molecule has 0 aliphatic heterocycles. The molecule has 3 aromatic rings. The Morgan fingerprint density at radius 3 is 2.63 bits per heavy atom. The third kappa shape index (κ3) is 5.76. The van der Waals surface area contributed by atoms with Crippen LogP contribution in [-0.4, -0.2) is 44.1 Å². The first-order valence-electron chi connectivity index (χ1n) is 9.76. The maximum Gasteiger partial charge on any atom is 0.328 e. The van der Waals surface area contributed by atoms with Gasteiger partial charge in [-0.25, -0.2) is 9.18 Å². The highest BCUT2D eigenvalue weighted by molar-refractivity contribution is 5.75. The smallest absolute Gasteiger partial charge is 0.328 e. The molecule has 0 bridgehead atoms. The van der Waals surface area contributed by atoms with Gasteiger partial charge in [-0.15, -0.1) is 0 Å². The second-order valence-electron chi connectivity index (χ2n) is 7.15. The molecule has 0 aliphatic carbocycles. The van der Waals surface area contributed by atoms with Crippen molar-refractivity contribution < 1.29 is 9.18 Å². The maximum atomic E-state index is 13.0. The molecule has 0 fully saturated rings. The number of aromatic amines is 2. The fourth-order valence-corrected chi connectivity index (χ4v) is 3.06. The number of halogens is 1. The van der Waals surface area contributed by atoms with E-state index in [1.165, 1.54) is 29.0 Å². The topological polar surface area (TPSA) is 104 Å². The van der Waals surface area contributed by atoms with Crippen LogP contribution in [0.1, 0.15) is 25.0 Å². The lowest BCUT2D eigenvalue weighted by atomic mass is 10.1. The number of hydrogen-bond donors (Lipinski definition) is 2. The van der Waals surface area contributed by atoms with Gasteiger partial charge < -0.3 is 4.90 Å². The zero-order valence-electron chi connectivity index (χ0n) is 16.7. The summed E-state index contributed by atoms with van der Waals surface area (Å²) in [5, 5.41) is 7.28. The van der Waals surface area contributed by atoms with Crippen molar-refractivity contribution in [1.29, 1.82) is 0 Å². The highest BCUT2D eigenvalue weighted by Gasteiger charge is 2.10. The summed E-state index contributed by atoms with van der Waals surface area (Å²) < 4.78 is 14.2. The van der Waals surface area contributed by atoms with E-state index in [1.807, 2.05) is 6.07 Å². The summed E-state index contributed by atoms with van der Waals surface area (Å²) in [6, 6.07) is 9.40. The molecule has 30 heavy (non-hydrogen) atoms. The molecule has 158 valence electrons. The van der Waals surface area contributed by atoms with Crippen molar-refractivity contribution >= 4 is 5.91 Å². The Balaban J connectivity index is 1.38. The molecule has 0 aliphatic rings. The number of unbranched alkanes of at least 4 members (excludes halogenated alkanes) is 2. The molecular formula is C21H24FN5O3. The second kappa shape index (κ2) is 9.82. The van der Waals surface area contributed by atoms with Crippen molar-refractivity contribution in [3.8, 4) is 11.3 Å². The number of carbonyl (C=O) groups is 1. The molecular weight excluding hydrogens is 389 g/mol. The first kappa shape index (κ1) is 21.2. The van der Waals surface area contributed by atoms with Crippen molar-refractivity contribution in [2.75, 3.05) is 13.6 Å². The van der Waals surface area contributed by atoms with Crippen LogP contribution < -0.4 is 11.2 Å². The molecule has 0 saturated heterocycles. The summed E-state index contributed by atoms with van der Waals surface area (Å²) in [6.45, 7) is 0.479. The van der Waals surface area contributed by atoms with Gasteiger partial charge in [-0.05, 0) is 49.6 Å². The number of hydrogen-bond acceptors (Lipinski definition) is 4. The van der Waals surface area contributed by atoms with E-state index in [0.717, 1.165) is 42.6 Å². The Hall–Kier alpha value is -3.49. The molecule has 2 heterocycles. The molecule has 8 nitrogen and oxygen atoms in total. The second-order valence-corrected chi connectivity index (χ2v) is 7.15. The fourth-order valence-electron chi connectivity index (χ4n) is 3.06. The van der Waals surface area contributed by atoms with E-state index < -0.39 is 11.2 Å². The third-order valence-electron chi connectivity index (χ3n) is 4.84. The first-order valence-corrected chi connectivity index (χ1v) is 9.76. The number of likely N-dealkylation sites (N-methyl/N-ethyl adjacent to an activating group) is 1. The number of nitrogens with one attached hydrogen (secondary N) is 2. The van der Waals surface area contributed by atoms with Crippen LogP contribution in [0.25, 0.3) is 11.3 Å². The summed E-state index contributed by atoms with van der Waals surface area (Å²) in [5.74, 6) is -0.467. The summed E-state index contributed by atoms with van der Waals surface area (Å²) in [6.07, 6.45) is 4.85. The summed E-state index contributed by atoms with van der Waals surface area (Å²) in [4.78, 5) is 38.7. The number of H-pyrrole nitrogens is 2. The van der Waals surface area contributed by atoms with Crippen LogP contribution in [0.3, 0.4) is 0 Å². The Morgan fingerprint density at radius 1 is 1.13 bits per heavy atom. The third-order valence-corrected chi connectivity index (χ3v) is 4.84. The van der Waals surface area contributed by atoms with E-state index >= 15 is 0 Å². The number of amides is 1. The molecule has 2 N–H and O–H groups in total. The van der Waals surface area contributed by atoms with E-state index in [2.05, 4.69) is 15.2 Å². The van der Waals surface area contributed by atoms with Gasteiger partial charge in [-0.2, -0.15) is 5.10 Å². The van der Waals surface area contributed by atoms with Gasteiger partial charge in [0.1, 0.15) is 12.4 Å². The van der Waals surface area contributed by atoms with Gasteiger partial charge in [0.2, 0.25) is 5.91 Å². The van der Waals surface area contributed by atoms with E-state index in [4.69, 9.17) is 0 Å². The number of benzene rings is 1. The van der Waals surface area contributed by atoms with Crippen molar-refractivity contribution in [3.05, 3.63) is 74.9 Å².